The standard InChI is InChI=1S/C21H26N2O2/c1-4-22-21(25)17(3)23(15-19-8-6-5-7-9-19)20(24)14-18-12-10-16(2)11-13-18/h5-13,17H,4,14-15H2,1-3H3,(H,22,25). The van der Waals surface area contributed by atoms with Gasteiger partial charge in [-0.15, -0.1) is 0 Å². The second-order valence-corrected chi connectivity index (χ2v) is 6.24. The van der Waals surface area contributed by atoms with Gasteiger partial charge >= 0.3 is 0 Å². The number of amides is 2. The number of carbonyl (C=O) groups excluding carboxylic acids is 2. The second-order valence-electron chi connectivity index (χ2n) is 6.24. The van der Waals surface area contributed by atoms with Gasteiger partial charge in [0.2, 0.25) is 11.8 Å². The van der Waals surface area contributed by atoms with Crippen molar-refractivity contribution >= 4 is 11.8 Å². The predicted octanol–water partition coefficient (Wildman–Crippen LogP) is 3.09. The fraction of sp³-hybridized carbons (Fsp3) is 0.333. The lowest BCUT2D eigenvalue weighted by atomic mass is 10.1. The Hall–Kier alpha value is -2.62. The lowest BCUT2D eigenvalue weighted by molar-refractivity contribution is -0.140. The molecule has 0 spiro atoms. The van der Waals surface area contributed by atoms with E-state index in [4.69, 9.17) is 0 Å². The number of benzene rings is 2. The maximum Gasteiger partial charge on any atom is 0.242 e. The van der Waals surface area contributed by atoms with E-state index in [9.17, 15) is 9.59 Å². The molecule has 1 N–H and O–H groups in total. The molecule has 2 rings (SSSR count). The third kappa shape index (κ3) is 5.45. The Bertz CT molecular complexity index is 696. The summed E-state index contributed by atoms with van der Waals surface area (Å²) in [4.78, 5) is 26.8. The predicted molar refractivity (Wildman–Crippen MR) is 100 cm³/mol. The van der Waals surface area contributed by atoms with E-state index < -0.39 is 6.04 Å². The zero-order valence-corrected chi connectivity index (χ0v) is 15.2. The van der Waals surface area contributed by atoms with Crippen LogP contribution in [0.3, 0.4) is 0 Å². The van der Waals surface area contributed by atoms with Crippen molar-refractivity contribution in [2.24, 2.45) is 0 Å². The Balaban J connectivity index is 2.18. The fourth-order valence-electron chi connectivity index (χ4n) is 2.67. The van der Waals surface area contributed by atoms with Crippen LogP contribution in [0.2, 0.25) is 0 Å². The Morgan fingerprint density at radius 3 is 2.24 bits per heavy atom. The largest absolute Gasteiger partial charge is 0.355 e. The van der Waals surface area contributed by atoms with Crippen LogP contribution >= 0.6 is 0 Å². The monoisotopic (exact) mass is 338 g/mol. The van der Waals surface area contributed by atoms with Crippen LogP contribution in [0.1, 0.15) is 30.5 Å². The van der Waals surface area contributed by atoms with E-state index in [0.29, 0.717) is 13.1 Å². The van der Waals surface area contributed by atoms with Crippen molar-refractivity contribution in [2.75, 3.05) is 6.54 Å². The Labute approximate surface area is 149 Å². The molecule has 0 fully saturated rings. The van der Waals surface area contributed by atoms with E-state index in [2.05, 4.69) is 5.32 Å². The molecule has 1 atom stereocenters. The van der Waals surface area contributed by atoms with Gasteiger partial charge in [0.05, 0.1) is 6.42 Å². The molecule has 25 heavy (non-hydrogen) atoms. The van der Waals surface area contributed by atoms with E-state index >= 15 is 0 Å². The summed E-state index contributed by atoms with van der Waals surface area (Å²) in [6.45, 7) is 6.64. The van der Waals surface area contributed by atoms with E-state index in [-0.39, 0.29) is 18.2 Å². The van der Waals surface area contributed by atoms with E-state index in [1.807, 2.05) is 68.4 Å². The van der Waals surface area contributed by atoms with Crippen LogP contribution in [0.4, 0.5) is 0 Å². The average Bonchev–Trinajstić information content (AvgIpc) is 2.62. The first-order valence-corrected chi connectivity index (χ1v) is 8.68. The van der Waals surface area contributed by atoms with Crippen molar-refractivity contribution in [3.63, 3.8) is 0 Å². The molecule has 2 aromatic carbocycles. The van der Waals surface area contributed by atoms with Gasteiger partial charge in [-0.25, -0.2) is 0 Å². The first kappa shape index (κ1) is 18.7. The number of nitrogens with one attached hydrogen (secondary N) is 1. The smallest absolute Gasteiger partial charge is 0.242 e. The third-order valence-corrected chi connectivity index (χ3v) is 4.19. The molecule has 0 bridgehead atoms. The highest BCUT2D eigenvalue weighted by Crippen LogP contribution is 2.13. The first-order valence-electron chi connectivity index (χ1n) is 8.68. The van der Waals surface area contributed by atoms with E-state index in [1.54, 1.807) is 11.8 Å². The summed E-state index contributed by atoms with van der Waals surface area (Å²) in [5.41, 5.74) is 3.13. The highest BCUT2D eigenvalue weighted by atomic mass is 16.2. The first-order chi connectivity index (χ1) is 12.0. The highest BCUT2D eigenvalue weighted by molar-refractivity contribution is 5.88. The van der Waals surface area contributed by atoms with Crippen molar-refractivity contribution in [3.8, 4) is 0 Å². The van der Waals surface area contributed by atoms with Crippen LogP contribution < -0.4 is 5.32 Å². The summed E-state index contributed by atoms with van der Waals surface area (Å²) < 4.78 is 0. The summed E-state index contributed by atoms with van der Waals surface area (Å²) >= 11 is 0. The molecule has 1 unspecified atom stereocenters. The summed E-state index contributed by atoms with van der Waals surface area (Å²) in [5, 5.41) is 2.80. The molecule has 132 valence electrons. The second kappa shape index (κ2) is 9.02. The van der Waals surface area contributed by atoms with Crippen LogP contribution in [-0.2, 0) is 22.6 Å². The van der Waals surface area contributed by atoms with Crippen molar-refractivity contribution in [1.82, 2.24) is 10.2 Å². The van der Waals surface area contributed by atoms with Crippen LogP contribution in [0.5, 0.6) is 0 Å². The van der Waals surface area contributed by atoms with Crippen molar-refractivity contribution < 1.29 is 9.59 Å². The minimum Gasteiger partial charge on any atom is -0.355 e. The Kier molecular flexibility index (Phi) is 6.75. The summed E-state index contributed by atoms with van der Waals surface area (Å²) in [6.07, 6.45) is 0.289. The van der Waals surface area contributed by atoms with Crippen LogP contribution in [0.25, 0.3) is 0 Å². The van der Waals surface area contributed by atoms with Gasteiger partial charge in [-0.1, -0.05) is 60.2 Å². The number of carbonyl (C=O) groups is 2. The summed E-state index contributed by atoms with van der Waals surface area (Å²) in [6, 6.07) is 17.2. The highest BCUT2D eigenvalue weighted by Gasteiger charge is 2.25. The molecule has 0 heterocycles. The van der Waals surface area contributed by atoms with Crippen LogP contribution in [-0.4, -0.2) is 29.3 Å². The maximum absolute atomic E-state index is 12.9. The molecule has 0 aliphatic heterocycles. The summed E-state index contributed by atoms with van der Waals surface area (Å²) in [5.74, 6) is -0.179. The molecule has 0 aromatic heterocycles. The van der Waals surface area contributed by atoms with E-state index in [1.165, 1.54) is 0 Å². The van der Waals surface area contributed by atoms with Crippen LogP contribution in [0, 0.1) is 6.92 Å². The van der Waals surface area contributed by atoms with Gasteiger partial charge in [-0.3, -0.25) is 9.59 Å². The lowest BCUT2D eigenvalue weighted by Crippen LogP contribution is -2.48. The number of hydrogen-bond donors (Lipinski definition) is 1. The third-order valence-electron chi connectivity index (χ3n) is 4.19. The molecule has 4 heteroatoms. The molecule has 2 amide bonds. The van der Waals surface area contributed by atoms with Gasteiger partial charge in [-0.05, 0) is 31.9 Å². The quantitative estimate of drug-likeness (QED) is 0.843. The molecular formula is C21H26N2O2. The molecule has 0 saturated heterocycles. The molecule has 0 aliphatic rings. The zero-order valence-electron chi connectivity index (χ0n) is 15.2. The maximum atomic E-state index is 12.9. The van der Waals surface area contributed by atoms with Gasteiger partial charge in [0.25, 0.3) is 0 Å². The van der Waals surface area contributed by atoms with E-state index in [0.717, 1.165) is 16.7 Å². The number of aryl methyl sites for hydroxylation is 1. The average molecular weight is 338 g/mol. The molecular weight excluding hydrogens is 312 g/mol. The molecule has 2 aromatic rings. The SMILES string of the molecule is CCNC(=O)C(C)N(Cc1ccccc1)C(=O)Cc1ccc(C)cc1. The number of nitrogens with zero attached hydrogens (tertiary/aromatic N) is 1. The summed E-state index contributed by atoms with van der Waals surface area (Å²) in [7, 11) is 0. The van der Waals surface area contributed by atoms with Gasteiger partial charge in [0, 0.05) is 13.1 Å². The van der Waals surface area contributed by atoms with Gasteiger partial charge in [0.1, 0.15) is 6.04 Å². The lowest BCUT2D eigenvalue weighted by Gasteiger charge is -2.28. The minimum absolute atomic E-state index is 0.0496. The van der Waals surface area contributed by atoms with Crippen molar-refractivity contribution in [2.45, 2.75) is 39.8 Å². The topological polar surface area (TPSA) is 49.4 Å². The van der Waals surface area contributed by atoms with Crippen molar-refractivity contribution in [1.29, 1.82) is 0 Å². The Morgan fingerprint density at radius 2 is 1.64 bits per heavy atom. The van der Waals surface area contributed by atoms with Gasteiger partial charge in [0.15, 0.2) is 0 Å². The fourth-order valence-corrected chi connectivity index (χ4v) is 2.67. The molecule has 0 saturated carbocycles. The zero-order chi connectivity index (χ0) is 18.2. The molecule has 0 radical (unpaired) electrons. The van der Waals surface area contributed by atoms with Gasteiger partial charge in [-0.2, -0.15) is 0 Å². The molecule has 4 nitrogen and oxygen atoms in total. The molecule has 0 aliphatic carbocycles. The number of hydrogen-bond acceptors (Lipinski definition) is 2. The number of rotatable bonds is 7. The van der Waals surface area contributed by atoms with Crippen LogP contribution in [0.15, 0.2) is 54.6 Å². The minimum atomic E-state index is -0.516. The number of likely N-dealkylation sites (N-methyl/N-ethyl adjacent to an activating group) is 1. The normalized spacial score (nSPS) is 11.6. The van der Waals surface area contributed by atoms with Crippen molar-refractivity contribution in [3.05, 3.63) is 71.3 Å². The Morgan fingerprint density at radius 1 is 1.00 bits per heavy atom. The van der Waals surface area contributed by atoms with Gasteiger partial charge < -0.3 is 10.2 Å².